The number of carbonyl (C=O) groups excluding carboxylic acids is 1. The molecule has 148 valence electrons. The second kappa shape index (κ2) is 8.46. The molecule has 1 spiro atoms. The first-order chi connectivity index (χ1) is 13.2. The van der Waals surface area contributed by atoms with Crippen molar-refractivity contribution in [3.8, 4) is 5.75 Å². The minimum absolute atomic E-state index is 0.158. The molecule has 3 saturated heterocycles. The number of piperidine rings is 1. The third kappa shape index (κ3) is 4.72. The van der Waals surface area contributed by atoms with Crippen molar-refractivity contribution in [2.24, 2.45) is 0 Å². The highest BCUT2D eigenvalue weighted by Gasteiger charge is 2.46. The summed E-state index contributed by atoms with van der Waals surface area (Å²) in [4.78, 5) is 16.4. The Hall–Kier alpha value is -1.83. The summed E-state index contributed by atoms with van der Waals surface area (Å²) in [5.74, 6) is 0.821. The highest BCUT2D eigenvalue weighted by atomic mass is 16.6. The second-order valence-electron chi connectivity index (χ2n) is 7.50. The van der Waals surface area contributed by atoms with E-state index in [2.05, 4.69) is 4.90 Å². The quantitative estimate of drug-likeness (QED) is 0.754. The lowest BCUT2D eigenvalue weighted by Gasteiger charge is -2.39. The van der Waals surface area contributed by atoms with Crippen LogP contribution in [0.15, 0.2) is 30.3 Å². The lowest BCUT2D eigenvalue weighted by molar-refractivity contribution is -0.103. The molecule has 3 aliphatic heterocycles. The first-order valence-corrected chi connectivity index (χ1v) is 9.80. The molecule has 1 amide bonds. The van der Waals surface area contributed by atoms with E-state index in [1.807, 2.05) is 30.3 Å². The second-order valence-corrected chi connectivity index (χ2v) is 7.50. The highest BCUT2D eigenvalue weighted by molar-refractivity contribution is 5.70. The van der Waals surface area contributed by atoms with Crippen molar-refractivity contribution in [3.63, 3.8) is 0 Å². The molecule has 7 heteroatoms. The zero-order valence-electron chi connectivity index (χ0n) is 15.7. The predicted octanol–water partition coefficient (Wildman–Crippen LogP) is 1.77. The van der Waals surface area contributed by atoms with Crippen LogP contribution in [-0.2, 0) is 14.2 Å². The molecule has 0 radical (unpaired) electrons. The van der Waals surface area contributed by atoms with Gasteiger partial charge in [0.25, 0.3) is 0 Å². The van der Waals surface area contributed by atoms with Gasteiger partial charge in [-0.1, -0.05) is 18.2 Å². The highest BCUT2D eigenvalue weighted by Crippen LogP contribution is 2.33. The molecule has 1 unspecified atom stereocenters. The first-order valence-electron chi connectivity index (χ1n) is 9.80. The van der Waals surface area contributed by atoms with Crippen molar-refractivity contribution < 1.29 is 23.7 Å². The smallest absolute Gasteiger partial charge is 0.410 e. The monoisotopic (exact) mass is 376 g/mol. The molecule has 0 bridgehead atoms. The lowest BCUT2D eigenvalue weighted by atomic mass is 9.91. The molecule has 0 aromatic heterocycles. The molecule has 4 rings (SSSR count). The number of nitrogens with zero attached hydrogens (tertiary/aromatic N) is 2. The molecule has 1 aromatic rings. The number of carbonyl (C=O) groups is 1. The number of para-hydroxylation sites is 1. The number of hydrogen-bond acceptors (Lipinski definition) is 6. The van der Waals surface area contributed by atoms with Crippen LogP contribution in [0.2, 0.25) is 0 Å². The minimum Gasteiger partial charge on any atom is -0.492 e. The molecule has 3 aliphatic rings. The Morgan fingerprint density at radius 1 is 1.15 bits per heavy atom. The molecule has 27 heavy (non-hydrogen) atoms. The van der Waals surface area contributed by atoms with Crippen LogP contribution in [-0.4, -0.2) is 86.7 Å². The number of rotatable bonds is 6. The van der Waals surface area contributed by atoms with E-state index in [1.54, 1.807) is 4.90 Å². The van der Waals surface area contributed by atoms with Gasteiger partial charge in [0.15, 0.2) is 0 Å². The summed E-state index contributed by atoms with van der Waals surface area (Å²) >= 11 is 0. The van der Waals surface area contributed by atoms with Crippen molar-refractivity contribution in [3.05, 3.63) is 30.3 Å². The van der Waals surface area contributed by atoms with E-state index < -0.39 is 0 Å². The average Bonchev–Trinajstić information content (AvgIpc) is 3.01. The van der Waals surface area contributed by atoms with Crippen molar-refractivity contribution >= 4 is 6.09 Å². The fourth-order valence-corrected chi connectivity index (χ4v) is 3.99. The van der Waals surface area contributed by atoms with Crippen molar-refractivity contribution in [2.75, 3.05) is 59.2 Å². The molecule has 0 saturated carbocycles. The summed E-state index contributed by atoms with van der Waals surface area (Å²) in [5, 5.41) is 0. The van der Waals surface area contributed by atoms with Crippen LogP contribution in [0.25, 0.3) is 0 Å². The van der Waals surface area contributed by atoms with E-state index in [4.69, 9.17) is 18.9 Å². The van der Waals surface area contributed by atoms with Crippen molar-refractivity contribution in [2.45, 2.75) is 24.5 Å². The lowest BCUT2D eigenvalue weighted by Crippen LogP contribution is -2.50. The molecule has 3 heterocycles. The Kier molecular flexibility index (Phi) is 5.80. The topological polar surface area (TPSA) is 60.5 Å². The summed E-state index contributed by atoms with van der Waals surface area (Å²) < 4.78 is 22.7. The summed E-state index contributed by atoms with van der Waals surface area (Å²) in [6.07, 6.45) is 1.67. The zero-order chi connectivity index (χ0) is 18.5. The van der Waals surface area contributed by atoms with Crippen LogP contribution in [0.3, 0.4) is 0 Å². The molecular weight excluding hydrogens is 348 g/mol. The van der Waals surface area contributed by atoms with Crippen LogP contribution in [0.4, 0.5) is 4.79 Å². The van der Waals surface area contributed by atoms with Crippen LogP contribution < -0.4 is 4.74 Å². The van der Waals surface area contributed by atoms with Gasteiger partial charge in [0, 0.05) is 32.5 Å². The van der Waals surface area contributed by atoms with Crippen molar-refractivity contribution in [1.82, 2.24) is 9.80 Å². The Balaban J connectivity index is 1.21. The fraction of sp³-hybridized carbons (Fsp3) is 0.650. The molecule has 3 fully saturated rings. The van der Waals surface area contributed by atoms with Gasteiger partial charge >= 0.3 is 6.09 Å². The van der Waals surface area contributed by atoms with Gasteiger partial charge in [-0.25, -0.2) is 4.79 Å². The Morgan fingerprint density at radius 2 is 1.96 bits per heavy atom. The Labute approximate surface area is 160 Å². The molecular formula is C20H28N2O5. The van der Waals surface area contributed by atoms with E-state index in [0.717, 1.165) is 38.2 Å². The normalized spacial score (nSPS) is 25.6. The largest absolute Gasteiger partial charge is 0.492 e. The third-order valence-corrected chi connectivity index (χ3v) is 5.53. The number of likely N-dealkylation sites (tertiary alicyclic amines) is 1. The minimum atomic E-state index is -0.343. The van der Waals surface area contributed by atoms with Gasteiger partial charge in [-0.05, 0) is 12.1 Å². The number of amides is 1. The van der Waals surface area contributed by atoms with E-state index >= 15 is 0 Å². The van der Waals surface area contributed by atoms with Gasteiger partial charge in [-0.15, -0.1) is 0 Å². The van der Waals surface area contributed by atoms with Gasteiger partial charge < -0.3 is 28.7 Å². The maximum absolute atomic E-state index is 12.3. The maximum atomic E-state index is 12.3. The van der Waals surface area contributed by atoms with Crippen LogP contribution in [0.5, 0.6) is 5.75 Å². The SMILES string of the molecule is O=C1OC2(CCN(CC3COCCO3)CC2)CN1CCOc1ccccc1. The average molecular weight is 376 g/mol. The van der Waals surface area contributed by atoms with Crippen LogP contribution in [0, 0.1) is 0 Å². The summed E-state index contributed by atoms with van der Waals surface area (Å²) in [7, 11) is 0. The van der Waals surface area contributed by atoms with Gasteiger partial charge in [0.05, 0.1) is 39.0 Å². The molecule has 1 atom stereocenters. The molecule has 1 aromatic carbocycles. The number of ether oxygens (including phenoxy) is 4. The van der Waals surface area contributed by atoms with Crippen molar-refractivity contribution in [1.29, 1.82) is 0 Å². The summed E-state index contributed by atoms with van der Waals surface area (Å²) in [6.45, 7) is 6.45. The summed E-state index contributed by atoms with van der Waals surface area (Å²) in [5.41, 5.74) is -0.343. The molecule has 0 aliphatic carbocycles. The Morgan fingerprint density at radius 3 is 2.70 bits per heavy atom. The number of hydrogen-bond donors (Lipinski definition) is 0. The van der Waals surface area contributed by atoms with Gasteiger partial charge in [-0.3, -0.25) is 0 Å². The standard InChI is InChI=1S/C20H28N2O5/c23-19-22(10-11-25-17-4-2-1-3-5-17)16-20(27-19)6-8-21(9-7-20)14-18-15-24-12-13-26-18/h1-5,18H,6-16H2. The maximum Gasteiger partial charge on any atom is 0.410 e. The van der Waals surface area contributed by atoms with E-state index in [1.165, 1.54) is 0 Å². The van der Waals surface area contributed by atoms with Gasteiger partial charge in [0.2, 0.25) is 0 Å². The molecule has 7 nitrogen and oxygen atoms in total. The third-order valence-electron chi connectivity index (χ3n) is 5.53. The first kappa shape index (κ1) is 18.5. The van der Waals surface area contributed by atoms with E-state index in [0.29, 0.717) is 39.5 Å². The van der Waals surface area contributed by atoms with Crippen LogP contribution >= 0.6 is 0 Å². The summed E-state index contributed by atoms with van der Waals surface area (Å²) in [6, 6.07) is 9.66. The number of benzene rings is 1. The van der Waals surface area contributed by atoms with E-state index in [9.17, 15) is 4.79 Å². The van der Waals surface area contributed by atoms with Gasteiger partial charge in [0.1, 0.15) is 18.0 Å². The fourth-order valence-electron chi connectivity index (χ4n) is 3.99. The Bertz CT molecular complexity index is 612. The van der Waals surface area contributed by atoms with E-state index in [-0.39, 0.29) is 17.8 Å². The van der Waals surface area contributed by atoms with Gasteiger partial charge in [-0.2, -0.15) is 0 Å². The molecule has 0 N–H and O–H groups in total. The van der Waals surface area contributed by atoms with Crippen LogP contribution in [0.1, 0.15) is 12.8 Å². The predicted molar refractivity (Wildman–Crippen MR) is 99.0 cm³/mol. The zero-order valence-corrected chi connectivity index (χ0v) is 15.7.